The summed E-state index contributed by atoms with van der Waals surface area (Å²) in [6.45, 7) is 1.50. The van der Waals surface area contributed by atoms with Gasteiger partial charge in [0.25, 0.3) is 0 Å². The number of hydrogen-bond acceptors (Lipinski definition) is 4. The fraction of sp³-hybridized carbons (Fsp3) is 0.333. The Morgan fingerprint density at radius 3 is 2.35 bits per heavy atom. The van der Waals surface area contributed by atoms with Crippen molar-refractivity contribution in [3.05, 3.63) is 54.6 Å². The van der Waals surface area contributed by atoms with Crippen LogP contribution in [0.2, 0.25) is 0 Å². The van der Waals surface area contributed by atoms with E-state index >= 15 is 0 Å². The summed E-state index contributed by atoms with van der Waals surface area (Å²) in [7, 11) is -1.62. The first-order valence-corrected chi connectivity index (χ1v) is 9.31. The summed E-state index contributed by atoms with van der Waals surface area (Å²) in [6, 6.07) is 15.3. The second-order valence-electron chi connectivity index (χ2n) is 5.28. The van der Waals surface area contributed by atoms with Gasteiger partial charge in [0, 0.05) is 0 Å². The maximum Gasteiger partial charge on any atom is 0.210 e. The molecule has 0 bridgehead atoms. The number of hydrogen-bond donors (Lipinski definition) is 1. The molecule has 0 spiro atoms. The molecular weight excluding hydrogens is 310 g/mol. The number of para-hydroxylation sites is 1. The van der Waals surface area contributed by atoms with Crippen LogP contribution in [-0.4, -0.2) is 28.6 Å². The molecule has 2 aromatic carbocycles. The van der Waals surface area contributed by atoms with Gasteiger partial charge in [0.05, 0.1) is 11.5 Å². The summed E-state index contributed by atoms with van der Waals surface area (Å²) in [5.74, 6) is 0.421. The Morgan fingerprint density at radius 2 is 1.61 bits per heavy atom. The Kier molecular flexibility index (Phi) is 6.62. The minimum Gasteiger partial charge on any atom is -0.492 e. The van der Waals surface area contributed by atoms with Gasteiger partial charge in [-0.3, -0.25) is 0 Å². The molecule has 23 heavy (non-hydrogen) atoms. The van der Waals surface area contributed by atoms with Gasteiger partial charge in [0.15, 0.2) is 0 Å². The van der Waals surface area contributed by atoms with E-state index in [9.17, 15) is 8.42 Å². The molecule has 1 N–H and O–H groups in total. The summed E-state index contributed by atoms with van der Waals surface area (Å²) in [5, 5.41) is 3.10. The molecule has 0 aliphatic rings. The lowest BCUT2D eigenvalue weighted by molar-refractivity contribution is 0.297. The zero-order valence-electron chi connectivity index (χ0n) is 13.4. The number of unbranched alkanes of at least 4 members (excludes halogenated alkanes) is 2. The lowest BCUT2D eigenvalue weighted by Gasteiger charge is -2.12. The smallest absolute Gasteiger partial charge is 0.210 e. The molecule has 4 nitrogen and oxygen atoms in total. The summed E-state index contributed by atoms with van der Waals surface area (Å²) < 4.78 is 31.2. The Labute approximate surface area is 138 Å². The van der Waals surface area contributed by atoms with E-state index in [1.165, 1.54) is 0 Å². The third-order valence-corrected chi connectivity index (χ3v) is 5.33. The SMILES string of the molecule is CNCCCCCOc1ccccc1S(=O)(=O)c1ccccc1. The predicted molar refractivity (Wildman–Crippen MR) is 91.6 cm³/mol. The molecular formula is C18H23NO3S. The van der Waals surface area contributed by atoms with Crippen molar-refractivity contribution in [3.8, 4) is 5.75 Å². The zero-order chi connectivity index (χ0) is 16.5. The average Bonchev–Trinajstić information content (AvgIpc) is 2.59. The fourth-order valence-electron chi connectivity index (χ4n) is 2.28. The molecule has 0 amide bonds. The normalized spacial score (nSPS) is 11.3. The Balaban J connectivity index is 2.09. The molecule has 0 aromatic heterocycles. The van der Waals surface area contributed by atoms with Crippen LogP contribution in [0.5, 0.6) is 5.75 Å². The zero-order valence-corrected chi connectivity index (χ0v) is 14.2. The van der Waals surface area contributed by atoms with Crippen LogP contribution < -0.4 is 10.1 Å². The summed E-state index contributed by atoms with van der Waals surface area (Å²) in [5.41, 5.74) is 0. The third kappa shape index (κ3) is 4.81. The first-order chi connectivity index (χ1) is 11.2. The van der Waals surface area contributed by atoms with Crippen LogP contribution in [-0.2, 0) is 9.84 Å². The van der Waals surface area contributed by atoms with Crippen molar-refractivity contribution in [2.24, 2.45) is 0 Å². The minimum absolute atomic E-state index is 0.224. The van der Waals surface area contributed by atoms with Gasteiger partial charge < -0.3 is 10.1 Å². The lowest BCUT2D eigenvalue weighted by atomic mass is 10.2. The van der Waals surface area contributed by atoms with E-state index < -0.39 is 9.84 Å². The third-order valence-electron chi connectivity index (χ3n) is 3.52. The van der Waals surface area contributed by atoms with Crippen molar-refractivity contribution >= 4 is 9.84 Å². The van der Waals surface area contributed by atoms with Crippen LogP contribution in [0.3, 0.4) is 0 Å². The number of ether oxygens (including phenoxy) is 1. The largest absolute Gasteiger partial charge is 0.492 e. The highest BCUT2D eigenvalue weighted by Gasteiger charge is 2.21. The Morgan fingerprint density at radius 1 is 0.913 bits per heavy atom. The first-order valence-electron chi connectivity index (χ1n) is 7.83. The number of sulfone groups is 1. The molecule has 0 radical (unpaired) electrons. The Hall–Kier alpha value is -1.85. The average molecular weight is 333 g/mol. The van der Waals surface area contributed by atoms with Gasteiger partial charge in [-0.05, 0) is 57.1 Å². The highest BCUT2D eigenvalue weighted by molar-refractivity contribution is 7.91. The van der Waals surface area contributed by atoms with E-state index in [0.29, 0.717) is 12.4 Å². The van der Waals surface area contributed by atoms with E-state index in [2.05, 4.69) is 5.32 Å². The number of rotatable bonds is 9. The molecule has 0 saturated heterocycles. The maximum atomic E-state index is 12.7. The van der Waals surface area contributed by atoms with Crippen LogP contribution in [0.1, 0.15) is 19.3 Å². The number of nitrogens with one attached hydrogen (secondary N) is 1. The van der Waals surface area contributed by atoms with E-state index in [4.69, 9.17) is 4.74 Å². The topological polar surface area (TPSA) is 55.4 Å². The minimum atomic E-state index is -3.56. The van der Waals surface area contributed by atoms with Crippen LogP contribution in [0.4, 0.5) is 0 Å². The molecule has 0 atom stereocenters. The van der Waals surface area contributed by atoms with Gasteiger partial charge in [-0.25, -0.2) is 8.42 Å². The van der Waals surface area contributed by atoms with Gasteiger partial charge in [0.1, 0.15) is 10.6 Å². The van der Waals surface area contributed by atoms with Gasteiger partial charge >= 0.3 is 0 Å². The monoisotopic (exact) mass is 333 g/mol. The quantitative estimate of drug-likeness (QED) is 0.716. The molecule has 5 heteroatoms. The standard InChI is InChI=1S/C18H23NO3S/c1-19-14-8-3-9-15-22-17-12-6-7-13-18(17)23(20,21)16-10-4-2-5-11-16/h2,4-7,10-13,19H,3,8-9,14-15H2,1H3. The van der Waals surface area contributed by atoms with Gasteiger partial charge in [-0.2, -0.15) is 0 Å². The van der Waals surface area contributed by atoms with Crippen LogP contribution in [0.15, 0.2) is 64.4 Å². The summed E-state index contributed by atoms with van der Waals surface area (Å²) >= 11 is 0. The van der Waals surface area contributed by atoms with Gasteiger partial charge in [0.2, 0.25) is 9.84 Å². The van der Waals surface area contributed by atoms with Crippen molar-refractivity contribution in [1.29, 1.82) is 0 Å². The van der Waals surface area contributed by atoms with Crippen molar-refractivity contribution in [2.75, 3.05) is 20.2 Å². The van der Waals surface area contributed by atoms with Crippen molar-refractivity contribution in [3.63, 3.8) is 0 Å². The van der Waals surface area contributed by atoms with Crippen LogP contribution >= 0.6 is 0 Å². The van der Waals surface area contributed by atoms with Crippen molar-refractivity contribution in [1.82, 2.24) is 5.32 Å². The maximum absolute atomic E-state index is 12.7. The fourth-order valence-corrected chi connectivity index (χ4v) is 3.70. The molecule has 124 valence electrons. The predicted octanol–water partition coefficient (Wildman–Crippen LogP) is 3.29. The van der Waals surface area contributed by atoms with E-state index in [1.54, 1.807) is 54.6 Å². The van der Waals surface area contributed by atoms with Gasteiger partial charge in [-0.15, -0.1) is 0 Å². The summed E-state index contributed by atoms with van der Waals surface area (Å²) in [6.07, 6.45) is 3.04. The van der Waals surface area contributed by atoms with Crippen LogP contribution in [0.25, 0.3) is 0 Å². The lowest BCUT2D eigenvalue weighted by Crippen LogP contribution is -2.09. The van der Waals surface area contributed by atoms with E-state index in [-0.39, 0.29) is 9.79 Å². The van der Waals surface area contributed by atoms with E-state index in [0.717, 1.165) is 25.8 Å². The second-order valence-corrected chi connectivity index (χ2v) is 7.19. The second kappa shape index (κ2) is 8.70. The summed E-state index contributed by atoms with van der Waals surface area (Å²) in [4.78, 5) is 0.506. The Bertz CT molecular complexity index is 699. The first kappa shape index (κ1) is 17.5. The molecule has 0 fully saturated rings. The molecule has 0 saturated carbocycles. The van der Waals surface area contributed by atoms with Crippen molar-refractivity contribution < 1.29 is 13.2 Å². The highest BCUT2D eigenvalue weighted by atomic mass is 32.2. The van der Waals surface area contributed by atoms with Gasteiger partial charge in [-0.1, -0.05) is 30.3 Å². The van der Waals surface area contributed by atoms with Crippen molar-refractivity contribution in [2.45, 2.75) is 29.1 Å². The molecule has 2 aromatic rings. The molecule has 0 aliphatic carbocycles. The number of benzene rings is 2. The molecule has 0 unspecified atom stereocenters. The molecule has 0 heterocycles. The molecule has 0 aliphatic heterocycles. The van der Waals surface area contributed by atoms with Crippen LogP contribution in [0, 0.1) is 0 Å². The van der Waals surface area contributed by atoms with E-state index in [1.807, 2.05) is 7.05 Å². The molecule has 2 rings (SSSR count). The highest BCUT2D eigenvalue weighted by Crippen LogP contribution is 2.29.